The molecule has 0 bridgehead atoms. The van der Waals surface area contributed by atoms with Crippen LogP contribution in [0.4, 0.5) is 5.95 Å². The second-order valence-corrected chi connectivity index (χ2v) is 5.58. The van der Waals surface area contributed by atoms with Crippen molar-refractivity contribution < 1.29 is 4.79 Å². The lowest BCUT2D eigenvalue weighted by atomic mass is 10.1. The number of rotatable bonds is 3. The lowest BCUT2D eigenvalue weighted by molar-refractivity contribution is -0.130. The number of nitrogens with zero attached hydrogens (tertiary/aromatic N) is 4. The predicted molar refractivity (Wildman–Crippen MR) is 85.7 cm³/mol. The van der Waals surface area contributed by atoms with Gasteiger partial charge in [-0.05, 0) is 18.6 Å². The third-order valence-electron chi connectivity index (χ3n) is 3.91. The maximum atomic E-state index is 12.4. The van der Waals surface area contributed by atoms with Gasteiger partial charge in [-0.25, -0.2) is 9.97 Å². The normalized spacial score (nSPS) is 15.0. The first-order chi connectivity index (χ1) is 10.7. The number of piperazine rings is 1. The molecule has 3 rings (SSSR count). The largest absolute Gasteiger partial charge is 0.339 e. The first-order valence-electron chi connectivity index (χ1n) is 7.58. The molecule has 1 fully saturated rings. The van der Waals surface area contributed by atoms with Crippen LogP contribution in [0.25, 0.3) is 0 Å². The summed E-state index contributed by atoms with van der Waals surface area (Å²) in [5.74, 6) is 0.938. The molecule has 0 atom stereocenters. The Morgan fingerprint density at radius 1 is 1.09 bits per heavy atom. The molecule has 0 N–H and O–H groups in total. The Balaban J connectivity index is 1.56. The molecule has 1 saturated heterocycles. The molecule has 1 aliphatic heterocycles. The minimum atomic E-state index is 0.194. The fourth-order valence-corrected chi connectivity index (χ4v) is 2.72. The number of aromatic nitrogens is 2. The summed E-state index contributed by atoms with van der Waals surface area (Å²) < 4.78 is 0. The van der Waals surface area contributed by atoms with Gasteiger partial charge in [-0.15, -0.1) is 0 Å². The summed E-state index contributed by atoms with van der Waals surface area (Å²) in [5.41, 5.74) is 2.27. The van der Waals surface area contributed by atoms with Gasteiger partial charge in [0.25, 0.3) is 0 Å². The number of anilines is 1. The molecule has 1 aliphatic rings. The number of amides is 1. The fourth-order valence-electron chi connectivity index (χ4n) is 2.72. The van der Waals surface area contributed by atoms with E-state index in [1.807, 2.05) is 36.1 Å². The summed E-state index contributed by atoms with van der Waals surface area (Å²) in [4.78, 5) is 25.0. The fraction of sp³-hybridized carbons (Fsp3) is 0.353. The number of carbonyl (C=O) groups is 1. The van der Waals surface area contributed by atoms with E-state index < -0.39 is 0 Å². The summed E-state index contributed by atoms with van der Waals surface area (Å²) >= 11 is 0. The van der Waals surface area contributed by atoms with Crippen LogP contribution >= 0.6 is 0 Å². The van der Waals surface area contributed by atoms with E-state index in [1.165, 1.54) is 5.56 Å². The SMILES string of the molecule is Cc1cccc(CC(=O)N2CCN(c3ncccn3)CC2)c1. The second kappa shape index (κ2) is 6.56. The van der Waals surface area contributed by atoms with E-state index in [4.69, 9.17) is 0 Å². The van der Waals surface area contributed by atoms with Crippen LogP contribution in [0.3, 0.4) is 0 Å². The van der Waals surface area contributed by atoms with Gasteiger partial charge in [-0.2, -0.15) is 0 Å². The first kappa shape index (κ1) is 14.5. The smallest absolute Gasteiger partial charge is 0.227 e. The van der Waals surface area contributed by atoms with Crippen molar-refractivity contribution >= 4 is 11.9 Å². The van der Waals surface area contributed by atoms with E-state index in [1.54, 1.807) is 12.4 Å². The van der Waals surface area contributed by atoms with Crippen molar-refractivity contribution in [3.63, 3.8) is 0 Å². The van der Waals surface area contributed by atoms with E-state index in [9.17, 15) is 4.79 Å². The topological polar surface area (TPSA) is 49.3 Å². The molecule has 22 heavy (non-hydrogen) atoms. The molecule has 2 aromatic rings. The highest BCUT2D eigenvalue weighted by molar-refractivity contribution is 5.79. The van der Waals surface area contributed by atoms with E-state index in [-0.39, 0.29) is 5.91 Å². The van der Waals surface area contributed by atoms with Crippen LogP contribution in [-0.4, -0.2) is 47.0 Å². The third-order valence-corrected chi connectivity index (χ3v) is 3.91. The quantitative estimate of drug-likeness (QED) is 0.864. The molecule has 2 heterocycles. The maximum Gasteiger partial charge on any atom is 0.227 e. The van der Waals surface area contributed by atoms with Gasteiger partial charge in [0.1, 0.15) is 0 Å². The van der Waals surface area contributed by atoms with Crippen molar-refractivity contribution in [3.8, 4) is 0 Å². The highest BCUT2D eigenvalue weighted by Crippen LogP contribution is 2.12. The summed E-state index contributed by atoms with van der Waals surface area (Å²) in [6.07, 6.45) is 3.97. The number of hydrogen-bond acceptors (Lipinski definition) is 4. The van der Waals surface area contributed by atoms with Crippen LogP contribution in [0.2, 0.25) is 0 Å². The lowest BCUT2D eigenvalue weighted by Crippen LogP contribution is -2.49. The zero-order chi connectivity index (χ0) is 15.4. The van der Waals surface area contributed by atoms with Gasteiger partial charge in [0.05, 0.1) is 6.42 Å². The minimum Gasteiger partial charge on any atom is -0.339 e. The molecule has 0 unspecified atom stereocenters. The summed E-state index contributed by atoms with van der Waals surface area (Å²) in [6.45, 7) is 5.06. The van der Waals surface area contributed by atoms with Crippen LogP contribution in [0.1, 0.15) is 11.1 Å². The van der Waals surface area contributed by atoms with E-state index in [2.05, 4.69) is 20.9 Å². The third kappa shape index (κ3) is 3.42. The highest BCUT2D eigenvalue weighted by atomic mass is 16.2. The second-order valence-electron chi connectivity index (χ2n) is 5.58. The van der Waals surface area contributed by atoms with E-state index in [0.717, 1.165) is 37.7 Å². The summed E-state index contributed by atoms with van der Waals surface area (Å²) in [7, 11) is 0. The van der Waals surface area contributed by atoms with Gasteiger partial charge >= 0.3 is 0 Å². The number of carbonyl (C=O) groups excluding carboxylic acids is 1. The van der Waals surface area contributed by atoms with Gasteiger partial charge in [0, 0.05) is 38.6 Å². The maximum absolute atomic E-state index is 12.4. The Bertz CT molecular complexity index is 636. The lowest BCUT2D eigenvalue weighted by Gasteiger charge is -2.34. The van der Waals surface area contributed by atoms with Crippen molar-refractivity contribution in [3.05, 3.63) is 53.9 Å². The van der Waals surface area contributed by atoms with E-state index >= 15 is 0 Å². The minimum absolute atomic E-state index is 0.194. The molecule has 0 spiro atoms. The average molecular weight is 296 g/mol. The van der Waals surface area contributed by atoms with Gasteiger partial charge in [0.2, 0.25) is 11.9 Å². The Labute approximate surface area is 130 Å². The molecular formula is C17H20N4O. The Hall–Kier alpha value is -2.43. The molecule has 1 amide bonds. The van der Waals surface area contributed by atoms with Crippen LogP contribution in [-0.2, 0) is 11.2 Å². The molecule has 114 valence electrons. The molecule has 0 radical (unpaired) electrons. The van der Waals surface area contributed by atoms with Gasteiger partial charge in [0.15, 0.2) is 0 Å². The Kier molecular flexibility index (Phi) is 4.32. The van der Waals surface area contributed by atoms with Crippen LogP contribution in [0.15, 0.2) is 42.7 Å². The zero-order valence-electron chi connectivity index (χ0n) is 12.8. The van der Waals surface area contributed by atoms with Crippen LogP contribution in [0.5, 0.6) is 0 Å². The van der Waals surface area contributed by atoms with Crippen LogP contribution in [0, 0.1) is 6.92 Å². The van der Waals surface area contributed by atoms with Gasteiger partial charge in [-0.1, -0.05) is 29.8 Å². The molecule has 0 saturated carbocycles. The van der Waals surface area contributed by atoms with Crippen molar-refractivity contribution in [2.45, 2.75) is 13.3 Å². The molecule has 1 aromatic carbocycles. The monoisotopic (exact) mass is 296 g/mol. The summed E-state index contributed by atoms with van der Waals surface area (Å²) in [6, 6.07) is 9.95. The highest BCUT2D eigenvalue weighted by Gasteiger charge is 2.22. The Morgan fingerprint density at radius 3 is 2.50 bits per heavy atom. The van der Waals surface area contributed by atoms with Crippen molar-refractivity contribution in [1.82, 2.24) is 14.9 Å². The molecule has 5 nitrogen and oxygen atoms in total. The molecule has 1 aromatic heterocycles. The predicted octanol–water partition coefficient (Wildman–Crippen LogP) is 1.68. The first-order valence-corrected chi connectivity index (χ1v) is 7.58. The van der Waals surface area contributed by atoms with Crippen molar-refractivity contribution in [2.24, 2.45) is 0 Å². The summed E-state index contributed by atoms with van der Waals surface area (Å²) in [5, 5.41) is 0. The number of aryl methyl sites for hydroxylation is 1. The van der Waals surface area contributed by atoms with Gasteiger partial charge < -0.3 is 9.80 Å². The van der Waals surface area contributed by atoms with Gasteiger partial charge in [-0.3, -0.25) is 4.79 Å². The molecule has 5 heteroatoms. The zero-order valence-corrected chi connectivity index (χ0v) is 12.8. The number of benzene rings is 1. The van der Waals surface area contributed by atoms with Crippen molar-refractivity contribution in [2.75, 3.05) is 31.1 Å². The number of hydrogen-bond donors (Lipinski definition) is 0. The molecule has 0 aliphatic carbocycles. The van der Waals surface area contributed by atoms with Crippen LogP contribution < -0.4 is 4.90 Å². The average Bonchev–Trinajstić information content (AvgIpc) is 2.56. The van der Waals surface area contributed by atoms with Crippen molar-refractivity contribution in [1.29, 1.82) is 0 Å². The standard InChI is InChI=1S/C17H20N4O/c1-14-4-2-5-15(12-14)13-16(22)20-8-10-21(11-9-20)17-18-6-3-7-19-17/h2-7,12H,8-11,13H2,1H3. The Morgan fingerprint density at radius 2 is 1.82 bits per heavy atom. The van der Waals surface area contributed by atoms with E-state index in [0.29, 0.717) is 6.42 Å². The molecular weight excluding hydrogens is 276 g/mol.